The monoisotopic (exact) mass is 792 g/mol. The molecule has 0 aliphatic carbocycles. The third-order valence-corrected chi connectivity index (χ3v) is 12.6. The second kappa shape index (κ2) is 13.6. The molecule has 0 aliphatic rings. The Bertz CT molecular complexity index is 3830. The van der Waals surface area contributed by atoms with Crippen LogP contribution >= 0.6 is 0 Å². The lowest BCUT2D eigenvalue weighted by Gasteiger charge is -2.28. The average molecular weight is 793 g/mol. The molecule has 0 spiro atoms. The molecule has 13 aromatic rings. The molecule has 0 fully saturated rings. The molecule has 0 N–H and O–H groups in total. The Morgan fingerprint density at radius 2 is 0.919 bits per heavy atom. The van der Waals surface area contributed by atoms with Gasteiger partial charge in [-0.25, -0.2) is 0 Å². The summed E-state index contributed by atoms with van der Waals surface area (Å²) in [6.45, 7) is 0. The van der Waals surface area contributed by atoms with Gasteiger partial charge >= 0.3 is 0 Å². The molecule has 0 radical (unpaired) electrons. The molecule has 3 heterocycles. The Hall–Kier alpha value is -8.34. The van der Waals surface area contributed by atoms with Gasteiger partial charge in [0.1, 0.15) is 22.3 Å². The summed E-state index contributed by atoms with van der Waals surface area (Å²) < 4.78 is 15.8. The Labute approximate surface area is 356 Å². The van der Waals surface area contributed by atoms with E-state index in [9.17, 15) is 0 Å². The van der Waals surface area contributed by atoms with Gasteiger partial charge in [-0.3, -0.25) is 0 Å². The second-order valence-corrected chi connectivity index (χ2v) is 16.0. The molecule has 0 saturated heterocycles. The third kappa shape index (κ3) is 5.14. The molecule has 0 amide bonds. The van der Waals surface area contributed by atoms with Gasteiger partial charge in [-0.05, 0) is 71.6 Å². The molecular weight excluding hydrogens is 757 g/mol. The summed E-state index contributed by atoms with van der Waals surface area (Å²) in [6.07, 6.45) is 0. The molecule has 62 heavy (non-hydrogen) atoms. The van der Waals surface area contributed by atoms with Gasteiger partial charge in [0.25, 0.3) is 0 Å². The van der Waals surface area contributed by atoms with Crippen molar-refractivity contribution < 1.29 is 8.83 Å². The number of anilines is 3. The topological polar surface area (TPSA) is 34.5 Å². The van der Waals surface area contributed by atoms with Crippen LogP contribution in [-0.2, 0) is 0 Å². The van der Waals surface area contributed by atoms with Crippen LogP contribution in [0.3, 0.4) is 0 Å². The van der Waals surface area contributed by atoms with E-state index in [-0.39, 0.29) is 0 Å². The molecule has 290 valence electrons. The minimum absolute atomic E-state index is 0.840. The van der Waals surface area contributed by atoms with Crippen molar-refractivity contribution >= 4 is 93.5 Å². The second-order valence-electron chi connectivity index (χ2n) is 16.0. The van der Waals surface area contributed by atoms with Crippen molar-refractivity contribution in [3.63, 3.8) is 0 Å². The van der Waals surface area contributed by atoms with Gasteiger partial charge in [0.2, 0.25) is 0 Å². The van der Waals surface area contributed by atoms with Gasteiger partial charge in [0.15, 0.2) is 0 Å². The van der Waals surface area contributed by atoms with Crippen LogP contribution in [0.25, 0.3) is 104 Å². The molecule has 0 bridgehead atoms. The van der Waals surface area contributed by atoms with E-state index in [0.29, 0.717) is 0 Å². The first-order valence-electron chi connectivity index (χ1n) is 21.1. The van der Waals surface area contributed by atoms with Gasteiger partial charge in [0.05, 0.1) is 33.5 Å². The van der Waals surface area contributed by atoms with Crippen molar-refractivity contribution in [2.24, 2.45) is 0 Å². The first kappa shape index (κ1) is 34.5. The number of hydrogen-bond acceptors (Lipinski definition) is 3. The fraction of sp³-hybridized carbons (Fsp3) is 0. The van der Waals surface area contributed by atoms with E-state index in [1.165, 1.54) is 21.8 Å². The fourth-order valence-corrected chi connectivity index (χ4v) is 9.87. The van der Waals surface area contributed by atoms with E-state index in [4.69, 9.17) is 8.83 Å². The van der Waals surface area contributed by atoms with E-state index in [1.807, 2.05) is 12.1 Å². The number of hydrogen-bond donors (Lipinski definition) is 0. The fourth-order valence-electron chi connectivity index (χ4n) is 9.87. The van der Waals surface area contributed by atoms with Crippen molar-refractivity contribution in [1.82, 2.24) is 4.57 Å². The van der Waals surface area contributed by atoms with Gasteiger partial charge in [-0.2, -0.15) is 0 Å². The van der Waals surface area contributed by atoms with Crippen LogP contribution < -0.4 is 4.90 Å². The van der Waals surface area contributed by atoms with Crippen LogP contribution in [0.15, 0.2) is 227 Å². The first-order valence-corrected chi connectivity index (χ1v) is 21.1. The SMILES string of the molecule is c1ccc(N(c2ccc(-c3ccccc3-n3c4ccccc4c4ccccc43)cc2)c2cccc3oc4c5ccccc5ccc4c23)c(-c2cccc3c2oc2ccccc23)c1. The number of nitrogens with zero attached hydrogens (tertiary/aromatic N) is 2. The molecule has 0 aliphatic heterocycles. The van der Waals surface area contributed by atoms with Crippen LogP contribution in [-0.4, -0.2) is 4.57 Å². The number of furan rings is 2. The summed E-state index contributed by atoms with van der Waals surface area (Å²) >= 11 is 0. The van der Waals surface area contributed by atoms with E-state index in [0.717, 1.165) is 99.7 Å². The molecule has 0 unspecified atom stereocenters. The van der Waals surface area contributed by atoms with Crippen molar-refractivity contribution in [3.05, 3.63) is 218 Å². The lowest BCUT2D eigenvalue weighted by molar-refractivity contribution is 0.670. The van der Waals surface area contributed by atoms with Crippen LogP contribution in [0.2, 0.25) is 0 Å². The van der Waals surface area contributed by atoms with E-state index in [2.05, 4.69) is 216 Å². The highest BCUT2D eigenvalue weighted by atomic mass is 16.3. The average Bonchev–Trinajstić information content (AvgIpc) is 4.03. The minimum Gasteiger partial charge on any atom is -0.455 e. The highest BCUT2D eigenvalue weighted by Crippen LogP contribution is 2.48. The molecule has 4 heteroatoms. The summed E-state index contributed by atoms with van der Waals surface area (Å²) in [5.74, 6) is 0. The van der Waals surface area contributed by atoms with E-state index in [1.54, 1.807) is 0 Å². The Kier molecular flexibility index (Phi) is 7.57. The molecule has 10 aromatic carbocycles. The summed E-state index contributed by atoms with van der Waals surface area (Å²) in [4.78, 5) is 2.39. The van der Waals surface area contributed by atoms with Crippen molar-refractivity contribution in [2.45, 2.75) is 0 Å². The highest BCUT2D eigenvalue weighted by Gasteiger charge is 2.24. The molecular formula is C58H36N2O2. The van der Waals surface area contributed by atoms with E-state index < -0.39 is 0 Å². The van der Waals surface area contributed by atoms with Gasteiger partial charge < -0.3 is 18.3 Å². The number of rotatable bonds is 6. The van der Waals surface area contributed by atoms with Crippen LogP contribution in [0, 0.1) is 0 Å². The van der Waals surface area contributed by atoms with Crippen molar-refractivity contribution in [2.75, 3.05) is 4.90 Å². The maximum atomic E-state index is 6.78. The van der Waals surface area contributed by atoms with Crippen molar-refractivity contribution in [1.29, 1.82) is 0 Å². The van der Waals surface area contributed by atoms with E-state index >= 15 is 0 Å². The molecule has 13 rings (SSSR count). The Morgan fingerprint density at radius 3 is 1.74 bits per heavy atom. The smallest absolute Gasteiger partial charge is 0.143 e. The maximum absolute atomic E-state index is 6.78. The standard InChI is InChI=1S/C58H36N2O2/c1-2-17-41-37(15-1)33-36-48-56-53(28-14-30-55(56)62-57(41)48)59(50-25-9-6-20-44(50)46-22-13-23-47-45-21-7-12-29-54(45)61-58(46)47)39-34-31-38(32-35-39)40-16-3-8-24-49(40)60-51-26-10-4-18-42(51)43-19-5-11-27-52(43)60/h1-36H. The zero-order chi connectivity index (χ0) is 40.7. The van der Waals surface area contributed by atoms with Crippen LogP contribution in [0.4, 0.5) is 17.1 Å². The zero-order valence-electron chi connectivity index (χ0n) is 33.5. The van der Waals surface area contributed by atoms with Gasteiger partial charge in [-0.1, -0.05) is 158 Å². The maximum Gasteiger partial charge on any atom is 0.143 e. The number of benzene rings is 10. The lowest BCUT2D eigenvalue weighted by atomic mass is 9.98. The summed E-state index contributed by atoms with van der Waals surface area (Å²) in [5, 5.41) is 9.08. The summed E-state index contributed by atoms with van der Waals surface area (Å²) in [7, 11) is 0. The quantitative estimate of drug-likeness (QED) is 0.168. The number of para-hydroxylation sites is 6. The molecule has 0 atom stereocenters. The summed E-state index contributed by atoms with van der Waals surface area (Å²) in [6, 6.07) is 77.9. The first-order chi connectivity index (χ1) is 30.8. The predicted octanol–water partition coefficient (Wildman–Crippen LogP) is 16.5. The number of aromatic nitrogens is 1. The minimum atomic E-state index is 0.840. The van der Waals surface area contributed by atoms with Crippen LogP contribution in [0.5, 0.6) is 0 Å². The largest absolute Gasteiger partial charge is 0.455 e. The molecule has 4 nitrogen and oxygen atoms in total. The van der Waals surface area contributed by atoms with Gasteiger partial charge in [-0.15, -0.1) is 0 Å². The van der Waals surface area contributed by atoms with Crippen molar-refractivity contribution in [3.8, 4) is 27.9 Å². The highest BCUT2D eigenvalue weighted by molar-refractivity contribution is 6.20. The molecule has 0 saturated carbocycles. The summed E-state index contributed by atoms with van der Waals surface area (Å²) in [5.41, 5.74) is 14.5. The predicted molar refractivity (Wildman–Crippen MR) is 258 cm³/mol. The Balaban J connectivity index is 1.04. The lowest BCUT2D eigenvalue weighted by Crippen LogP contribution is -2.11. The normalized spacial score (nSPS) is 11.9. The van der Waals surface area contributed by atoms with Gasteiger partial charge in [0, 0.05) is 54.7 Å². The number of fused-ring (bicyclic) bond motifs is 11. The third-order valence-electron chi connectivity index (χ3n) is 12.6. The zero-order valence-corrected chi connectivity index (χ0v) is 33.5. The Morgan fingerprint density at radius 1 is 0.339 bits per heavy atom. The van der Waals surface area contributed by atoms with Crippen LogP contribution in [0.1, 0.15) is 0 Å². The molecule has 3 aromatic heterocycles.